The molecule has 1 aromatic rings. The molecule has 2 heterocycles. The van der Waals surface area contributed by atoms with Gasteiger partial charge in [-0.05, 0) is 50.3 Å². The molecule has 32 heavy (non-hydrogen) atoms. The van der Waals surface area contributed by atoms with E-state index >= 15 is 0 Å². The van der Waals surface area contributed by atoms with E-state index in [4.69, 9.17) is 4.74 Å². The number of aliphatic hydroxyl groups excluding tert-OH is 1. The van der Waals surface area contributed by atoms with Gasteiger partial charge < -0.3 is 15.2 Å². The Hall–Kier alpha value is -1.69. The molecular weight excluding hydrogens is 400 g/mol. The van der Waals surface area contributed by atoms with Crippen molar-refractivity contribution in [3.05, 3.63) is 47.5 Å². The zero-order valence-electron chi connectivity index (χ0n) is 19.5. The van der Waals surface area contributed by atoms with Gasteiger partial charge in [0.15, 0.2) is 0 Å². The molecule has 5 nitrogen and oxygen atoms in total. The smallest absolute Gasteiger partial charge is 0.311 e. The fourth-order valence-electron chi connectivity index (χ4n) is 6.73. The number of benzene rings is 1. The highest BCUT2D eigenvalue weighted by Gasteiger charge is 2.59. The number of fused-ring (bicyclic) bond motifs is 2. The van der Waals surface area contributed by atoms with Crippen molar-refractivity contribution >= 4 is 5.97 Å². The lowest BCUT2D eigenvalue weighted by molar-refractivity contribution is -0.144. The van der Waals surface area contributed by atoms with E-state index in [0.29, 0.717) is 18.5 Å². The first-order valence-electron chi connectivity index (χ1n) is 12.5. The largest absolute Gasteiger partial charge is 0.461 e. The second kappa shape index (κ2) is 8.92. The maximum Gasteiger partial charge on any atom is 0.311 e. The highest BCUT2D eigenvalue weighted by atomic mass is 16.6. The van der Waals surface area contributed by atoms with E-state index in [-0.39, 0.29) is 29.3 Å². The molecule has 5 heteroatoms. The van der Waals surface area contributed by atoms with Crippen molar-refractivity contribution in [1.29, 1.82) is 0 Å². The maximum absolute atomic E-state index is 12.8. The van der Waals surface area contributed by atoms with Crippen LogP contribution in [0.1, 0.15) is 51.5 Å². The minimum Gasteiger partial charge on any atom is -0.461 e. The minimum absolute atomic E-state index is 0.101. The molecule has 0 bridgehead atoms. The number of esters is 1. The average molecular weight is 439 g/mol. The van der Waals surface area contributed by atoms with E-state index in [1.54, 1.807) is 0 Å². The van der Waals surface area contributed by atoms with E-state index in [1.165, 1.54) is 11.1 Å². The number of hydrogen-bond donors (Lipinski definition) is 2. The third-order valence-corrected chi connectivity index (χ3v) is 9.03. The predicted octanol–water partition coefficient (Wildman–Crippen LogP) is 3.53. The summed E-state index contributed by atoms with van der Waals surface area (Å²) < 4.78 is 5.81. The van der Waals surface area contributed by atoms with Crippen LogP contribution >= 0.6 is 0 Å². The first-order valence-corrected chi connectivity index (χ1v) is 12.5. The van der Waals surface area contributed by atoms with Gasteiger partial charge in [0.2, 0.25) is 0 Å². The van der Waals surface area contributed by atoms with Crippen LogP contribution in [0, 0.1) is 23.2 Å². The third kappa shape index (κ3) is 3.93. The number of likely N-dealkylation sites (tertiary alicyclic amines) is 1. The lowest BCUT2D eigenvalue weighted by atomic mass is 9.55. The van der Waals surface area contributed by atoms with Gasteiger partial charge in [0.25, 0.3) is 0 Å². The molecule has 4 aliphatic rings. The first kappa shape index (κ1) is 22.1. The van der Waals surface area contributed by atoms with Gasteiger partial charge >= 0.3 is 5.97 Å². The second-order valence-electron chi connectivity index (χ2n) is 10.7. The highest BCUT2D eigenvalue weighted by molar-refractivity contribution is 5.76. The summed E-state index contributed by atoms with van der Waals surface area (Å²) in [5, 5.41) is 15.2. The van der Waals surface area contributed by atoms with Crippen LogP contribution in [0.25, 0.3) is 0 Å². The molecule has 0 aromatic heterocycles. The number of carbonyl (C=O) groups is 1. The fourth-order valence-corrected chi connectivity index (χ4v) is 6.73. The summed E-state index contributed by atoms with van der Waals surface area (Å²) in [7, 11) is 0. The molecule has 174 valence electrons. The van der Waals surface area contributed by atoms with Crippen molar-refractivity contribution in [2.24, 2.45) is 23.2 Å². The summed E-state index contributed by atoms with van der Waals surface area (Å²) in [6.07, 6.45) is 6.76. The van der Waals surface area contributed by atoms with Crippen LogP contribution in [0.4, 0.5) is 0 Å². The Morgan fingerprint density at radius 2 is 1.94 bits per heavy atom. The quantitative estimate of drug-likeness (QED) is 0.544. The van der Waals surface area contributed by atoms with E-state index in [9.17, 15) is 9.90 Å². The van der Waals surface area contributed by atoms with E-state index in [0.717, 1.165) is 51.7 Å². The zero-order valence-corrected chi connectivity index (χ0v) is 19.5. The van der Waals surface area contributed by atoms with Gasteiger partial charge in [-0.1, -0.05) is 55.8 Å². The third-order valence-electron chi connectivity index (χ3n) is 9.03. The topological polar surface area (TPSA) is 61.8 Å². The molecule has 0 unspecified atom stereocenters. The fraction of sp³-hybridized carbons (Fsp3) is 0.667. The number of piperidine rings is 1. The van der Waals surface area contributed by atoms with Crippen LogP contribution in [0.3, 0.4) is 0 Å². The Bertz CT molecular complexity index is 848. The number of rotatable bonds is 5. The molecule has 0 radical (unpaired) electrons. The summed E-state index contributed by atoms with van der Waals surface area (Å²) in [6, 6.07) is 11.1. The Kier molecular flexibility index (Phi) is 6.17. The Morgan fingerprint density at radius 1 is 1.19 bits per heavy atom. The van der Waals surface area contributed by atoms with Gasteiger partial charge in [-0.2, -0.15) is 0 Å². The van der Waals surface area contributed by atoms with Crippen molar-refractivity contribution in [3.8, 4) is 0 Å². The number of carbonyl (C=O) groups excluding carboxylic acids is 1. The Balaban J connectivity index is 1.18. The number of allylic oxidation sites excluding steroid dienone is 1. The molecular formula is C27H38N2O3. The molecule has 1 aromatic carbocycles. The molecule has 2 aliphatic carbocycles. The number of aliphatic hydroxyl groups is 1. The molecule has 6 atom stereocenters. The number of nitrogens with one attached hydrogen (secondary N) is 1. The van der Waals surface area contributed by atoms with E-state index < -0.39 is 6.10 Å². The van der Waals surface area contributed by atoms with Gasteiger partial charge in [-0.25, -0.2) is 0 Å². The van der Waals surface area contributed by atoms with Crippen LogP contribution < -0.4 is 5.32 Å². The lowest BCUT2D eigenvalue weighted by Gasteiger charge is -2.51. The van der Waals surface area contributed by atoms with Gasteiger partial charge in [-0.15, -0.1) is 0 Å². The predicted molar refractivity (Wildman–Crippen MR) is 125 cm³/mol. The zero-order chi connectivity index (χ0) is 22.3. The lowest BCUT2D eigenvalue weighted by Crippen LogP contribution is -2.55. The van der Waals surface area contributed by atoms with Crippen molar-refractivity contribution in [2.45, 2.75) is 70.7 Å². The summed E-state index contributed by atoms with van der Waals surface area (Å²) >= 11 is 0. The molecule has 0 amide bonds. The number of nitrogens with zero attached hydrogens (tertiary/aromatic N) is 1. The van der Waals surface area contributed by atoms with Crippen LogP contribution in [-0.4, -0.2) is 53.9 Å². The summed E-state index contributed by atoms with van der Waals surface area (Å²) in [4.78, 5) is 15.3. The highest BCUT2D eigenvalue weighted by Crippen LogP contribution is 2.55. The van der Waals surface area contributed by atoms with Gasteiger partial charge in [0.1, 0.15) is 6.10 Å². The standard InChI is InChI=1S/C27H38N2O3/c1-18-7-6-10-20-15-23-24(25(30)27(18,20)2)22(26(31)32-23)16-28-21-11-13-29(14-12-21)17-19-8-4-3-5-9-19/h3-5,8-10,18,21-25,28,30H,6-7,11-17H2,1-2H3/t18-,22-,23+,24+,25-,27+/m0/s1. The molecule has 3 fully saturated rings. The molecule has 2 N–H and O–H groups in total. The Labute approximate surface area is 192 Å². The normalized spacial score (nSPS) is 38.0. The first-order chi connectivity index (χ1) is 15.5. The molecule has 1 saturated carbocycles. The van der Waals surface area contributed by atoms with Crippen LogP contribution in [0.5, 0.6) is 0 Å². The molecule has 2 saturated heterocycles. The average Bonchev–Trinajstić information content (AvgIpc) is 3.11. The second-order valence-corrected chi connectivity index (χ2v) is 10.7. The summed E-state index contributed by atoms with van der Waals surface area (Å²) in [6.45, 7) is 8.22. The molecule has 0 spiro atoms. The van der Waals surface area contributed by atoms with Gasteiger partial charge in [-0.3, -0.25) is 9.69 Å². The summed E-state index contributed by atoms with van der Waals surface area (Å²) in [5.41, 5.74) is 2.44. The van der Waals surface area contributed by atoms with Crippen LogP contribution in [0.15, 0.2) is 42.0 Å². The van der Waals surface area contributed by atoms with Gasteiger partial charge in [0, 0.05) is 36.9 Å². The Morgan fingerprint density at radius 3 is 2.69 bits per heavy atom. The van der Waals surface area contributed by atoms with Crippen molar-refractivity contribution < 1.29 is 14.6 Å². The minimum atomic E-state index is -0.520. The summed E-state index contributed by atoms with van der Waals surface area (Å²) in [5.74, 6) is -0.0408. The van der Waals surface area contributed by atoms with E-state index in [1.807, 2.05) is 0 Å². The van der Waals surface area contributed by atoms with Crippen LogP contribution in [0.2, 0.25) is 0 Å². The van der Waals surface area contributed by atoms with E-state index in [2.05, 4.69) is 60.5 Å². The van der Waals surface area contributed by atoms with Crippen LogP contribution in [-0.2, 0) is 16.1 Å². The number of ether oxygens (including phenoxy) is 1. The van der Waals surface area contributed by atoms with Crippen molar-refractivity contribution in [1.82, 2.24) is 10.2 Å². The molecule has 5 rings (SSSR count). The van der Waals surface area contributed by atoms with Gasteiger partial charge in [0.05, 0.1) is 12.0 Å². The molecule has 2 aliphatic heterocycles. The SMILES string of the molecule is C[C@H]1CCC=C2C[C@H]3OC(=O)[C@@H](CNC4CCN(Cc5ccccc5)CC4)[C@H]3[C@H](O)[C@@]21C. The maximum atomic E-state index is 12.8. The van der Waals surface area contributed by atoms with Crippen molar-refractivity contribution in [3.63, 3.8) is 0 Å². The number of hydrogen-bond acceptors (Lipinski definition) is 5. The monoisotopic (exact) mass is 438 g/mol. The van der Waals surface area contributed by atoms with Crippen molar-refractivity contribution in [2.75, 3.05) is 19.6 Å².